The molecule has 106 valence electrons. The van der Waals surface area contributed by atoms with E-state index >= 15 is 0 Å². The molecule has 1 unspecified atom stereocenters. The van der Waals surface area contributed by atoms with Crippen LogP contribution in [0.25, 0.3) is 10.2 Å². The van der Waals surface area contributed by atoms with Crippen LogP contribution in [0.5, 0.6) is 0 Å². The van der Waals surface area contributed by atoms with Gasteiger partial charge in [-0.3, -0.25) is 0 Å². The van der Waals surface area contributed by atoms with Crippen molar-refractivity contribution in [3.8, 4) is 0 Å². The van der Waals surface area contributed by atoms with Gasteiger partial charge >= 0.3 is 0 Å². The van der Waals surface area contributed by atoms with E-state index in [4.69, 9.17) is 15.5 Å². The van der Waals surface area contributed by atoms with Crippen LogP contribution in [0.15, 0.2) is 0 Å². The van der Waals surface area contributed by atoms with Gasteiger partial charge in [0.2, 0.25) is 0 Å². The summed E-state index contributed by atoms with van der Waals surface area (Å²) in [6.07, 6.45) is 5.99. The average Bonchev–Trinajstić information content (AvgIpc) is 3.05. The second kappa shape index (κ2) is 4.67. The summed E-state index contributed by atoms with van der Waals surface area (Å²) in [7, 11) is 0. The second-order valence-corrected chi connectivity index (χ2v) is 6.80. The van der Waals surface area contributed by atoms with Crippen LogP contribution >= 0.6 is 11.3 Å². The topological polar surface area (TPSA) is 61.0 Å². The molecule has 2 heterocycles. The van der Waals surface area contributed by atoms with E-state index < -0.39 is 0 Å². The number of thiophene rings is 1. The second-order valence-electron chi connectivity index (χ2n) is 5.72. The molecule has 4 rings (SSSR count). The van der Waals surface area contributed by atoms with Crippen LogP contribution in [0.3, 0.4) is 0 Å². The monoisotopic (exact) mass is 289 g/mol. The minimum absolute atomic E-state index is 0.0311. The molecule has 0 radical (unpaired) electrons. The van der Waals surface area contributed by atoms with Crippen molar-refractivity contribution in [2.24, 2.45) is 5.92 Å². The zero-order chi connectivity index (χ0) is 13.7. The summed E-state index contributed by atoms with van der Waals surface area (Å²) in [5.74, 6) is 2.02. The minimum atomic E-state index is 0.0311. The molecule has 0 bridgehead atoms. The highest BCUT2D eigenvalue weighted by Gasteiger charge is 2.35. The van der Waals surface area contributed by atoms with Crippen molar-refractivity contribution in [1.82, 2.24) is 9.97 Å². The van der Waals surface area contributed by atoms with Crippen LogP contribution in [0.4, 0.5) is 5.82 Å². The summed E-state index contributed by atoms with van der Waals surface area (Å²) in [6, 6.07) is 0. The Morgan fingerprint density at radius 2 is 2.20 bits per heavy atom. The molecule has 0 aromatic carbocycles. The third kappa shape index (κ3) is 1.91. The number of hydrogen-bond acceptors (Lipinski definition) is 5. The van der Waals surface area contributed by atoms with E-state index in [9.17, 15) is 0 Å². The molecule has 0 aliphatic heterocycles. The lowest BCUT2D eigenvalue weighted by Gasteiger charge is -2.15. The molecule has 2 aliphatic carbocycles. The normalized spacial score (nSPS) is 19.4. The number of nitrogens with zero attached hydrogens (tertiary/aromatic N) is 2. The summed E-state index contributed by atoms with van der Waals surface area (Å²) < 4.78 is 5.86. The molecule has 4 nitrogen and oxygen atoms in total. The minimum Gasteiger partial charge on any atom is -0.383 e. The lowest BCUT2D eigenvalue weighted by molar-refractivity contribution is 0.0404. The number of nitrogen functional groups attached to an aromatic ring is 1. The first-order valence-corrected chi connectivity index (χ1v) is 8.28. The molecule has 0 spiro atoms. The molecule has 20 heavy (non-hydrogen) atoms. The molecule has 0 amide bonds. The van der Waals surface area contributed by atoms with Crippen molar-refractivity contribution in [2.45, 2.75) is 45.1 Å². The highest BCUT2D eigenvalue weighted by atomic mass is 32.1. The molecular weight excluding hydrogens is 270 g/mol. The van der Waals surface area contributed by atoms with Gasteiger partial charge < -0.3 is 10.5 Å². The maximum absolute atomic E-state index is 6.23. The predicted molar refractivity (Wildman–Crippen MR) is 80.9 cm³/mol. The largest absolute Gasteiger partial charge is 0.383 e. The number of aryl methyl sites for hydroxylation is 2. The summed E-state index contributed by atoms with van der Waals surface area (Å²) in [5.41, 5.74) is 7.63. The Morgan fingerprint density at radius 1 is 1.35 bits per heavy atom. The molecule has 2 aliphatic rings. The first-order chi connectivity index (χ1) is 9.78. The van der Waals surface area contributed by atoms with Gasteiger partial charge in [-0.15, -0.1) is 11.3 Å². The number of hydrogen-bond donors (Lipinski definition) is 1. The first kappa shape index (κ1) is 12.5. The van der Waals surface area contributed by atoms with Gasteiger partial charge in [0.25, 0.3) is 0 Å². The number of fused-ring (bicyclic) bond motifs is 3. The van der Waals surface area contributed by atoms with Crippen molar-refractivity contribution >= 4 is 27.4 Å². The summed E-state index contributed by atoms with van der Waals surface area (Å²) in [6.45, 7) is 2.72. The average molecular weight is 289 g/mol. The zero-order valence-electron chi connectivity index (χ0n) is 11.7. The van der Waals surface area contributed by atoms with Crippen LogP contribution in [0.1, 0.15) is 48.6 Å². The van der Waals surface area contributed by atoms with Gasteiger partial charge in [-0.05, 0) is 50.5 Å². The van der Waals surface area contributed by atoms with Gasteiger partial charge in [-0.1, -0.05) is 0 Å². The van der Waals surface area contributed by atoms with E-state index in [1.807, 2.05) is 6.92 Å². The van der Waals surface area contributed by atoms with Crippen LogP contribution in [-0.2, 0) is 17.6 Å². The van der Waals surface area contributed by atoms with Gasteiger partial charge in [0.1, 0.15) is 16.8 Å². The molecule has 1 fully saturated rings. The van der Waals surface area contributed by atoms with Gasteiger partial charge in [0.15, 0.2) is 5.82 Å². The van der Waals surface area contributed by atoms with E-state index in [1.165, 1.54) is 36.1 Å². The highest BCUT2D eigenvalue weighted by molar-refractivity contribution is 7.19. The number of aromatic nitrogens is 2. The summed E-state index contributed by atoms with van der Waals surface area (Å²) in [4.78, 5) is 11.9. The van der Waals surface area contributed by atoms with E-state index in [0.717, 1.165) is 22.5 Å². The van der Waals surface area contributed by atoms with Crippen LogP contribution < -0.4 is 5.73 Å². The van der Waals surface area contributed by atoms with Crippen LogP contribution in [0.2, 0.25) is 0 Å². The Hall–Kier alpha value is -1.20. The van der Waals surface area contributed by atoms with Gasteiger partial charge in [-0.25, -0.2) is 9.97 Å². The molecule has 2 aromatic heterocycles. The van der Waals surface area contributed by atoms with E-state index in [-0.39, 0.29) is 6.10 Å². The van der Waals surface area contributed by atoms with Crippen molar-refractivity contribution in [3.63, 3.8) is 0 Å². The van der Waals surface area contributed by atoms with Gasteiger partial charge in [-0.2, -0.15) is 0 Å². The maximum Gasteiger partial charge on any atom is 0.161 e. The quantitative estimate of drug-likeness (QED) is 0.938. The molecule has 1 saturated carbocycles. The molecular formula is C15H19N3OS. The Kier molecular flexibility index (Phi) is 2.93. The molecule has 5 heteroatoms. The van der Waals surface area contributed by atoms with Crippen molar-refractivity contribution in [2.75, 3.05) is 12.3 Å². The van der Waals surface area contributed by atoms with Crippen LogP contribution in [-0.4, -0.2) is 16.6 Å². The SMILES string of the molecule is CCOC(c1nc(N)c2c3c(sc2n1)CCC3)C1CC1. The van der Waals surface area contributed by atoms with Crippen molar-refractivity contribution < 1.29 is 4.74 Å². The molecule has 0 saturated heterocycles. The fourth-order valence-corrected chi connectivity index (χ4v) is 4.44. The predicted octanol–water partition coefficient (Wildman–Crippen LogP) is 3.25. The lowest BCUT2D eigenvalue weighted by atomic mass is 10.1. The number of rotatable bonds is 4. The Morgan fingerprint density at radius 3 is 2.95 bits per heavy atom. The zero-order valence-corrected chi connectivity index (χ0v) is 12.5. The summed E-state index contributed by atoms with van der Waals surface area (Å²) >= 11 is 1.80. The molecule has 1 atom stereocenters. The van der Waals surface area contributed by atoms with E-state index in [1.54, 1.807) is 11.3 Å². The van der Waals surface area contributed by atoms with Gasteiger partial charge in [0.05, 0.1) is 5.39 Å². The van der Waals surface area contributed by atoms with Gasteiger partial charge in [0, 0.05) is 11.5 Å². The van der Waals surface area contributed by atoms with E-state index in [2.05, 4.69) is 4.98 Å². The molecule has 2 N–H and O–H groups in total. The third-order valence-electron chi connectivity index (χ3n) is 4.26. The Labute approximate surface area is 122 Å². The Bertz CT molecular complexity index is 663. The lowest BCUT2D eigenvalue weighted by Crippen LogP contribution is -2.12. The fraction of sp³-hybridized carbons (Fsp3) is 0.600. The van der Waals surface area contributed by atoms with E-state index in [0.29, 0.717) is 18.3 Å². The Balaban J connectivity index is 1.81. The fourth-order valence-electron chi connectivity index (χ4n) is 3.17. The summed E-state index contributed by atoms with van der Waals surface area (Å²) in [5, 5.41) is 1.11. The molecule has 2 aromatic rings. The third-order valence-corrected chi connectivity index (χ3v) is 5.45. The smallest absolute Gasteiger partial charge is 0.161 e. The maximum atomic E-state index is 6.23. The number of anilines is 1. The van der Waals surface area contributed by atoms with Crippen LogP contribution in [0, 0.1) is 5.92 Å². The van der Waals surface area contributed by atoms with Crippen molar-refractivity contribution in [3.05, 3.63) is 16.3 Å². The van der Waals surface area contributed by atoms with Crippen molar-refractivity contribution in [1.29, 1.82) is 0 Å². The number of ether oxygens (including phenoxy) is 1. The first-order valence-electron chi connectivity index (χ1n) is 7.47. The standard InChI is InChI=1S/C15H19N3OS/c1-2-19-12(8-6-7-8)14-17-13(16)11-9-4-3-5-10(9)20-15(11)18-14/h8,12H,2-7H2,1H3,(H2,16,17,18). The highest BCUT2D eigenvalue weighted by Crippen LogP contribution is 2.44. The number of nitrogens with two attached hydrogens (primary N) is 1.